The van der Waals surface area contributed by atoms with Gasteiger partial charge in [-0.15, -0.1) is 12.4 Å². The minimum Gasteiger partial charge on any atom is -0.496 e. The van der Waals surface area contributed by atoms with Gasteiger partial charge in [0.15, 0.2) is 0 Å². The summed E-state index contributed by atoms with van der Waals surface area (Å²) < 4.78 is 5.34. The van der Waals surface area contributed by atoms with E-state index in [0.29, 0.717) is 17.5 Å². The molecule has 0 aromatic heterocycles. The van der Waals surface area contributed by atoms with Crippen molar-refractivity contribution in [1.29, 1.82) is 0 Å². The van der Waals surface area contributed by atoms with Crippen molar-refractivity contribution in [2.24, 2.45) is 11.3 Å². The Balaban J connectivity index is 0.00000192. The number of hydrogen-bond acceptors (Lipinski definition) is 3. The van der Waals surface area contributed by atoms with Crippen LogP contribution in [0, 0.1) is 11.3 Å². The van der Waals surface area contributed by atoms with Crippen molar-refractivity contribution in [1.82, 2.24) is 10.6 Å². The second kappa shape index (κ2) is 7.73. The van der Waals surface area contributed by atoms with E-state index in [1.54, 1.807) is 13.2 Å². The topological polar surface area (TPSA) is 50.4 Å². The van der Waals surface area contributed by atoms with E-state index in [1.165, 1.54) is 6.42 Å². The molecule has 2 atom stereocenters. The zero-order valence-corrected chi connectivity index (χ0v) is 14.9. The van der Waals surface area contributed by atoms with Crippen molar-refractivity contribution >= 4 is 29.9 Å². The highest BCUT2D eigenvalue weighted by Crippen LogP contribution is 2.44. The van der Waals surface area contributed by atoms with Crippen LogP contribution >= 0.6 is 24.0 Å². The Morgan fingerprint density at radius 3 is 3.09 bits per heavy atom. The van der Waals surface area contributed by atoms with E-state index in [-0.39, 0.29) is 23.7 Å². The summed E-state index contributed by atoms with van der Waals surface area (Å²) in [4.78, 5) is 12.8. The second-order valence-corrected chi connectivity index (χ2v) is 6.81. The third-order valence-corrected chi connectivity index (χ3v) is 5.41. The molecule has 0 bridgehead atoms. The molecule has 1 aliphatic heterocycles. The fourth-order valence-electron chi connectivity index (χ4n) is 3.93. The lowest BCUT2D eigenvalue weighted by atomic mass is 9.67. The summed E-state index contributed by atoms with van der Waals surface area (Å²) in [6, 6.07) is 5.48. The van der Waals surface area contributed by atoms with Crippen LogP contribution < -0.4 is 15.4 Å². The van der Waals surface area contributed by atoms with Gasteiger partial charge in [0.05, 0.1) is 12.5 Å². The fourth-order valence-corrected chi connectivity index (χ4v) is 4.12. The molecule has 1 saturated carbocycles. The second-order valence-electron chi connectivity index (χ2n) is 6.37. The lowest BCUT2D eigenvalue weighted by Crippen LogP contribution is -2.47. The van der Waals surface area contributed by atoms with E-state index >= 15 is 0 Å². The van der Waals surface area contributed by atoms with Crippen LogP contribution in [0.25, 0.3) is 0 Å². The summed E-state index contributed by atoms with van der Waals surface area (Å²) in [6.45, 7) is 2.22. The fraction of sp³-hybridized carbons (Fsp3) is 0.588. The maximum Gasteiger partial charge on any atom is 0.228 e. The predicted molar refractivity (Wildman–Crippen MR) is 94.4 cm³/mol. The maximum atomic E-state index is 12.8. The van der Waals surface area contributed by atoms with Crippen molar-refractivity contribution in [3.05, 3.63) is 28.8 Å². The number of carbonyl (C=O) groups is 1. The highest BCUT2D eigenvalue weighted by atomic mass is 35.5. The molecule has 6 heteroatoms. The van der Waals surface area contributed by atoms with Crippen LogP contribution in [0.3, 0.4) is 0 Å². The van der Waals surface area contributed by atoms with Crippen molar-refractivity contribution in [2.45, 2.75) is 32.2 Å². The smallest absolute Gasteiger partial charge is 0.228 e. The number of methoxy groups -OCH3 is 1. The van der Waals surface area contributed by atoms with Crippen LogP contribution in [0.5, 0.6) is 5.75 Å². The van der Waals surface area contributed by atoms with E-state index in [1.807, 2.05) is 12.1 Å². The SMILES string of the molecule is COc1ccc(Cl)cc1CNC(=O)[C@@]12CCCC[C@H]1CNC2.Cl. The summed E-state index contributed by atoms with van der Waals surface area (Å²) >= 11 is 6.05. The van der Waals surface area contributed by atoms with E-state index in [0.717, 1.165) is 43.7 Å². The Morgan fingerprint density at radius 1 is 1.48 bits per heavy atom. The van der Waals surface area contributed by atoms with Gasteiger partial charge in [-0.25, -0.2) is 0 Å². The summed E-state index contributed by atoms with van der Waals surface area (Å²) in [7, 11) is 1.63. The molecular weight excluding hydrogens is 335 g/mol. The Labute approximate surface area is 148 Å². The molecule has 0 spiro atoms. The molecule has 1 amide bonds. The first-order valence-electron chi connectivity index (χ1n) is 7.97. The summed E-state index contributed by atoms with van der Waals surface area (Å²) in [5.74, 6) is 1.40. The molecule has 0 unspecified atom stereocenters. The molecule has 1 aromatic rings. The van der Waals surface area contributed by atoms with Gasteiger partial charge in [0.25, 0.3) is 0 Å². The number of carbonyl (C=O) groups excluding carboxylic acids is 1. The zero-order chi connectivity index (χ0) is 15.6. The zero-order valence-electron chi connectivity index (χ0n) is 13.4. The largest absolute Gasteiger partial charge is 0.496 e. The Hall–Kier alpha value is -0.970. The van der Waals surface area contributed by atoms with Crippen LogP contribution in [0.15, 0.2) is 18.2 Å². The van der Waals surface area contributed by atoms with Gasteiger partial charge in [-0.05, 0) is 43.5 Å². The van der Waals surface area contributed by atoms with Gasteiger partial charge in [0, 0.05) is 23.7 Å². The van der Waals surface area contributed by atoms with Gasteiger partial charge in [-0.1, -0.05) is 24.4 Å². The van der Waals surface area contributed by atoms with Crippen molar-refractivity contribution in [3.8, 4) is 5.75 Å². The van der Waals surface area contributed by atoms with E-state index in [2.05, 4.69) is 10.6 Å². The molecule has 1 heterocycles. The van der Waals surface area contributed by atoms with Gasteiger partial charge >= 0.3 is 0 Å². The Bertz CT molecular complexity index is 568. The van der Waals surface area contributed by atoms with Gasteiger partial charge in [0.2, 0.25) is 5.91 Å². The van der Waals surface area contributed by atoms with Gasteiger partial charge in [0.1, 0.15) is 5.75 Å². The first-order chi connectivity index (χ1) is 10.7. The van der Waals surface area contributed by atoms with Gasteiger partial charge < -0.3 is 15.4 Å². The number of halogens is 2. The molecule has 4 nitrogen and oxygen atoms in total. The van der Waals surface area contributed by atoms with Crippen LogP contribution in [-0.4, -0.2) is 26.1 Å². The number of hydrogen-bond donors (Lipinski definition) is 2. The van der Waals surface area contributed by atoms with Gasteiger partial charge in [-0.3, -0.25) is 4.79 Å². The highest BCUT2D eigenvalue weighted by molar-refractivity contribution is 6.30. The molecule has 1 saturated heterocycles. The summed E-state index contributed by atoms with van der Waals surface area (Å²) in [5, 5.41) is 7.18. The number of fused-ring (bicyclic) bond motifs is 1. The Kier molecular flexibility index (Phi) is 6.18. The minimum absolute atomic E-state index is 0. The molecule has 3 rings (SSSR count). The first-order valence-corrected chi connectivity index (χ1v) is 8.35. The lowest BCUT2D eigenvalue weighted by Gasteiger charge is -2.37. The van der Waals surface area contributed by atoms with Crippen molar-refractivity contribution < 1.29 is 9.53 Å². The molecule has 0 radical (unpaired) electrons. The highest BCUT2D eigenvalue weighted by Gasteiger charge is 2.49. The molecule has 2 fully saturated rings. The molecule has 2 N–H and O–H groups in total. The summed E-state index contributed by atoms with van der Waals surface area (Å²) in [5.41, 5.74) is 0.697. The Morgan fingerprint density at radius 2 is 2.30 bits per heavy atom. The number of benzene rings is 1. The van der Waals surface area contributed by atoms with E-state index < -0.39 is 0 Å². The first kappa shape index (κ1) is 18.4. The number of nitrogens with one attached hydrogen (secondary N) is 2. The molecule has 23 heavy (non-hydrogen) atoms. The average molecular weight is 359 g/mol. The maximum absolute atomic E-state index is 12.8. The monoisotopic (exact) mass is 358 g/mol. The third kappa shape index (κ3) is 3.59. The number of rotatable bonds is 4. The van der Waals surface area contributed by atoms with Crippen molar-refractivity contribution in [3.63, 3.8) is 0 Å². The van der Waals surface area contributed by atoms with Crippen molar-refractivity contribution in [2.75, 3.05) is 20.2 Å². The molecule has 1 aliphatic carbocycles. The minimum atomic E-state index is -0.218. The van der Waals surface area contributed by atoms with Crippen LogP contribution in [0.4, 0.5) is 0 Å². The standard InChI is InChI=1S/C17H23ClN2O2.ClH/c1-22-15-6-5-14(18)8-12(15)9-20-16(21)17-7-3-2-4-13(17)10-19-11-17;/h5-6,8,13,19H,2-4,7,9-11H2,1H3,(H,20,21);1H/t13-,17+;/m0./s1. The molecule has 1 aromatic carbocycles. The normalized spacial score (nSPS) is 26.1. The number of amides is 1. The van der Waals surface area contributed by atoms with E-state index in [4.69, 9.17) is 16.3 Å². The third-order valence-electron chi connectivity index (χ3n) is 5.17. The summed E-state index contributed by atoms with van der Waals surface area (Å²) in [6.07, 6.45) is 4.53. The quantitative estimate of drug-likeness (QED) is 0.868. The van der Waals surface area contributed by atoms with E-state index in [9.17, 15) is 4.79 Å². The predicted octanol–water partition coefficient (Wildman–Crippen LogP) is 3.17. The average Bonchev–Trinajstić information content (AvgIpc) is 2.98. The molecule has 2 aliphatic rings. The molecular formula is C17H24Cl2N2O2. The lowest BCUT2D eigenvalue weighted by molar-refractivity contribution is -0.134. The molecule has 128 valence electrons. The number of ether oxygens (including phenoxy) is 1. The van der Waals surface area contributed by atoms with Gasteiger partial charge in [-0.2, -0.15) is 0 Å². The van der Waals surface area contributed by atoms with Crippen LogP contribution in [0.1, 0.15) is 31.2 Å². The van der Waals surface area contributed by atoms with Crippen LogP contribution in [-0.2, 0) is 11.3 Å². The van der Waals surface area contributed by atoms with Crippen LogP contribution in [0.2, 0.25) is 5.02 Å².